The van der Waals surface area contributed by atoms with Crippen LogP contribution in [0.25, 0.3) is 0 Å². The van der Waals surface area contributed by atoms with E-state index in [4.69, 9.17) is 4.52 Å². The standard InChI is InChI=1S/C13H13F3N2O3S/c1-8-12(9(2)21-18-8)22(19,20)17-7-10-3-5-11(6-4-10)13(14,15)16/h3-6,17H,7H2,1-2H3. The maximum absolute atomic E-state index is 12.4. The molecule has 0 unspecified atom stereocenters. The Bertz CT molecular complexity index is 745. The molecule has 2 aromatic rings. The average molecular weight is 334 g/mol. The zero-order chi connectivity index (χ0) is 16.5. The molecule has 0 saturated carbocycles. The minimum atomic E-state index is -4.42. The van der Waals surface area contributed by atoms with Crippen molar-refractivity contribution in [2.45, 2.75) is 31.5 Å². The van der Waals surface area contributed by atoms with Crippen LogP contribution < -0.4 is 4.72 Å². The number of hydrogen-bond acceptors (Lipinski definition) is 4. The summed E-state index contributed by atoms with van der Waals surface area (Å²) in [6, 6.07) is 4.25. The van der Waals surface area contributed by atoms with Gasteiger partial charge in [-0.2, -0.15) is 13.2 Å². The maximum atomic E-state index is 12.4. The summed E-state index contributed by atoms with van der Waals surface area (Å²) in [6.07, 6.45) is -4.42. The molecule has 0 aliphatic carbocycles. The van der Waals surface area contributed by atoms with Gasteiger partial charge in [-0.3, -0.25) is 0 Å². The van der Waals surface area contributed by atoms with Gasteiger partial charge in [-0.25, -0.2) is 13.1 Å². The Hall–Kier alpha value is -1.87. The van der Waals surface area contributed by atoms with E-state index in [1.54, 1.807) is 0 Å². The Balaban J connectivity index is 2.13. The number of rotatable bonds is 4. The summed E-state index contributed by atoms with van der Waals surface area (Å²) in [4.78, 5) is -0.0561. The van der Waals surface area contributed by atoms with Gasteiger partial charge in [0.15, 0.2) is 5.76 Å². The van der Waals surface area contributed by atoms with E-state index in [9.17, 15) is 21.6 Å². The molecule has 22 heavy (non-hydrogen) atoms. The number of hydrogen-bond donors (Lipinski definition) is 1. The molecular formula is C13H13F3N2O3S. The van der Waals surface area contributed by atoms with Gasteiger partial charge < -0.3 is 4.52 Å². The van der Waals surface area contributed by atoms with Crippen molar-refractivity contribution < 1.29 is 26.1 Å². The number of nitrogens with one attached hydrogen (secondary N) is 1. The zero-order valence-electron chi connectivity index (χ0n) is 11.7. The van der Waals surface area contributed by atoms with E-state index in [0.29, 0.717) is 5.56 Å². The zero-order valence-corrected chi connectivity index (χ0v) is 12.5. The van der Waals surface area contributed by atoms with E-state index in [-0.39, 0.29) is 22.9 Å². The highest BCUT2D eigenvalue weighted by molar-refractivity contribution is 7.89. The first-order valence-electron chi connectivity index (χ1n) is 6.20. The van der Waals surface area contributed by atoms with Crippen LogP contribution in [-0.2, 0) is 22.7 Å². The van der Waals surface area contributed by atoms with E-state index in [1.807, 2.05) is 0 Å². The average Bonchev–Trinajstić information content (AvgIpc) is 2.76. The van der Waals surface area contributed by atoms with Gasteiger partial charge in [0.1, 0.15) is 10.6 Å². The van der Waals surface area contributed by atoms with Gasteiger partial charge in [-0.05, 0) is 31.5 Å². The molecule has 0 radical (unpaired) electrons. The molecule has 0 aliphatic rings. The normalized spacial score (nSPS) is 12.6. The molecule has 0 fully saturated rings. The summed E-state index contributed by atoms with van der Waals surface area (Å²) in [5.74, 6) is 0.150. The predicted molar refractivity (Wildman–Crippen MR) is 71.4 cm³/mol. The van der Waals surface area contributed by atoms with Crippen molar-refractivity contribution in [2.75, 3.05) is 0 Å². The highest BCUT2D eigenvalue weighted by atomic mass is 32.2. The second-order valence-electron chi connectivity index (χ2n) is 4.67. The largest absolute Gasteiger partial charge is 0.416 e. The van der Waals surface area contributed by atoms with Crippen LogP contribution in [0.2, 0.25) is 0 Å². The van der Waals surface area contributed by atoms with Crippen LogP contribution in [0.15, 0.2) is 33.7 Å². The lowest BCUT2D eigenvalue weighted by molar-refractivity contribution is -0.137. The Morgan fingerprint density at radius 1 is 1.18 bits per heavy atom. The molecule has 0 aliphatic heterocycles. The first-order valence-corrected chi connectivity index (χ1v) is 7.68. The highest BCUT2D eigenvalue weighted by Crippen LogP contribution is 2.29. The van der Waals surface area contributed by atoms with Crippen LogP contribution in [0.4, 0.5) is 13.2 Å². The van der Waals surface area contributed by atoms with Crippen molar-refractivity contribution in [3.05, 3.63) is 46.8 Å². The summed E-state index contributed by atoms with van der Waals surface area (Å²) in [5.41, 5.74) is -0.161. The Labute approximate surface area is 125 Å². The fourth-order valence-electron chi connectivity index (χ4n) is 1.92. The van der Waals surface area contributed by atoms with Crippen molar-refractivity contribution in [1.29, 1.82) is 0 Å². The molecule has 0 saturated heterocycles. The Morgan fingerprint density at radius 3 is 2.23 bits per heavy atom. The fraction of sp³-hybridized carbons (Fsp3) is 0.308. The topological polar surface area (TPSA) is 72.2 Å². The molecule has 0 bridgehead atoms. The van der Waals surface area contributed by atoms with Crippen molar-refractivity contribution in [3.63, 3.8) is 0 Å². The maximum Gasteiger partial charge on any atom is 0.416 e. The smallest absolute Gasteiger partial charge is 0.360 e. The summed E-state index contributed by atoms with van der Waals surface area (Å²) in [5, 5.41) is 3.56. The van der Waals surface area contributed by atoms with E-state index >= 15 is 0 Å². The molecule has 120 valence electrons. The lowest BCUT2D eigenvalue weighted by Crippen LogP contribution is -2.24. The van der Waals surface area contributed by atoms with Crippen LogP contribution in [0.5, 0.6) is 0 Å². The Morgan fingerprint density at radius 2 is 1.77 bits per heavy atom. The summed E-state index contributed by atoms with van der Waals surface area (Å²) >= 11 is 0. The van der Waals surface area contributed by atoms with Crippen LogP contribution in [0, 0.1) is 13.8 Å². The molecule has 0 spiro atoms. The summed E-state index contributed by atoms with van der Waals surface area (Å²) in [7, 11) is -3.84. The van der Waals surface area contributed by atoms with Crippen molar-refractivity contribution >= 4 is 10.0 Å². The van der Waals surface area contributed by atoms with Crippen molar-refractivity contribution in [1.82, 2.24) is 9.88 Å². The van der Waals surface area contributed by atoms with Crippen LogP contribution >= 0.6 is 0 Å². The van der Waals surface area contributed by atoms with Gasteiger partial charge >= 0.3 is 6.18 Å². The van der Waals surface area contributed by atoms with Crippen LogP contribution in [0.3, 0.4) is 0 Å². The second kappa shape index (κ2) is 5.73. The highest BCUT2D eigenvalue weighted by Gasteiger charge is 2.30. The predicted octanol–water partition coefficient (Wildman–Crippen LogP) is 2.79. The van der Waals surface area contributed by atoms with Crippen molar-refractivity contribution in [2.24, 2.45) is 0 Å². The molecule has 2 rings (SSSR count). The SMILES string of the molecule is Cc1noc(C)c1S(=O)(=O)NCc1ccc(C(F)(F)F)cc1. The molecule has 1 heterocycles. The molecule has 1 N–H and O–H groups in total. The molecule has 9 heteroatoms. The monoisotopic (exact) mass is 334 g/mol. The fourth-order valence-corrected chi connectivity index (χ4v) is 3.26. The molecule has 1 aromatic carbocycles. The molecule has 5 nitrogen and oxygen atoms in total. The molecule has 0 atom stereocenters. The quantitative estimate of drug-likeness (QED) is 0.933. The van der Waals surface area contributed by atoms with Gasteiger partial charge in [-0.15, -0.1) is 0 Å². The Kier molecular flexibility index (Phi) is 4.30. The van der Waals surface area contributed by atoms with Gasteiger partial charge in [0.2, 0.25) is 10.0 Å². The van der Waals surface area contributed by atoms with Crippen molar-refractivity contribution in [3.8, 4) is 0 Å². The number of sulfonamides is 1. The van der Waals surface area contributed by atoms with Gasteiger partial charge in [-0.1, -0.05) is 17.3 Å². The van der Waals surface area contributed by atoms with E-state index in [2.05, 4.69) is 9.88 Å². The number of aromatic nitrogens is 1. The third-order valence-corrected chi connectivity index (χ3v) is 4.63. The molecule has 0 amide bonds. The number of alkyl halides is 3. The van der Waals surface area contributed by atoms with Crippen LogP contribution in [-0.4, -0.2) is 13.6 Å². The first-order chi connectivity index (χ1) is 10.1. The van der Waals surface area contributed by atoms with Crippen LogP contribution in [0.1, 0.15) is 22.6 Å². The van der Waals surface area contributed by atoms with Gasteiger partial charge in [0.05, 0.1) is 5.56 Å². The number of aryl methyl sites for hydroxylation is 2. The van der Waals surface area contributed by atoms with E-state index in [0.717, 1.165) is 12.1 Å². The lowest BCUT2D eigenvalue weighted by Gasteiger charge is -2.09. The number of halogens is 3. The summed E-state index contributed by atoms with van der Waals surface area (Å²) < 4.78 is 68.7. The third kappa shape index (κ3) is 3.47. The number of benzene rings is 1. The number of nitrogens with zero attached hydrogens (tertiary/aromatic N) is 1. The molecule has 1 aromatic heterocycles. The van der Waals surface area contributed by atoms with Gasteiger partial charge in [0.25, 0.3) is 0 Å². The summed E-state index contributed by atoms with van der Waals surface area (Å²) in [6.45, 7) is 2.82. The minimum Gasteiger partial charge on any atom is -0.360 e. The minimum absolute atomic E-state index is 0.0561. The van der Waals surface area contributed by atoms with E-state index in [1.165, 1.54) is 26.0 Å². The second-order valence-corrected chi connectivity index (χ2v) is 6.38. The first kappa shape index (κ1) is 16.5. The van der Waals surface area contributed by atoms with E-state index < -0.39 is 21.8 Å². The third-order valence-electron chi connectivity index (χ3n) is 2.98. The lowest BCUT2D eigenvalue weighted by atomic mass is 10.1. The van der Waals surface area contributed by atoms with Gasteiger partial charge in [0, 0.05) is 6.54 Å². The molecular weight excluding hydrogens is 321 g/mol.